The van der Waals surface area contributed by atoms with Crippen LogP contribution in [0, 0.1) is 0 Å². The number of ether oxygens (including phenoxy) is 1. The molecule has 0 aliphatic heterocycles. The maximum atomic E-state index is 13.1. The first-order chi connectivity index (χ1) is 13.3. The molecule has 0 saturated carbocycles. The van der Waals surface area contributed by atoms with Crippen LogP contribution < -0.4 is 4.74 Å². The Bertz CT molecular complexity index is 1070. The number of pyridine rings is 1. The summed E-state index contributed by atoms with van der Waals surface area (Å²) in [6.07, 6.45) is 2.72. The van der Waals surface area contributed by atoms with Gasteiger partial charge in [-0.05, 0) is 35.7 Å². The molecule has 0 atom stereocenters. The van der Waals surface area contributed by atoms with Crippen molar-refractivity contribution in [2.24, 2.45) is 0 Å². The summed E-state index contributed by atoms with van der Waals surface area (Å²) in [4.78, 5) is 13.1. The lowest BCUT2D eigenvalue weighted by Gasteiger charge is -2.09. The summed E-state index contributed by atoms with van der Waals surface area (Å²) in [6, 6.07) is 25.4. The molecule has 4 aromatic rings. The number of aromatic nitrogens is 1. The number of rotatable bonds is 6. The van der Waals surface area contributed by atoms with Crippen LogP contribution in [0.2, 0.25) is 0 Å². The normalized spacial score (nSPS) is 10.9. The van der Waals surface area contributed by atoms with Gasteiger partial charge in [-0.3, -0.25) is 4.79 Å². The molecule has 0 saturated heterocycles. The van der Waals surface area contributed by atoms with Gasteiger partial charge in [0.1, 0.15) is 12.4 Å². The van der Waals surface area contributed by atoms with Crippen LogP contribution in [-0.4, -0.2) is 10.2 Å². The van der Waals surface area contributed by atoms with E-state index in [1.807, 2.05) is 83.4 Å². The van der Waals surface area contributed by atoms with Crippen molar-refractivity contribution in [2.45, 2.75) is 20.0 Å². The van der Waals surface area contributed by atoms with E-state index in [0.29, 0.717) is 17.9 Å². The van der Waals surface area contributed by atoms with Crippen molar-refractivity contribution >= 4 is 11.3 Å². The lowest BCUT2D eigenvalue weighted by molar-refractivity contribution is 0.103. The third kappa shape index (κ3) is 3.36. The minimum Gasteiger partial charge on any atom is -0.487 e. The van der Waals surface area contributed by atoms with Gasteiger partial charge in [0.05, 0.1) is 11.2 Å². The Balaban J connectivity index is 1.74. The van der Waals surface area contributed by atoms with Gasteiger partial charge < -0.3 is 9.14 Å². The number of hydrogen-bond acceptors (Lipinski definition) is 2. The summed E-state index contributed by atoms with van der Waals surface area (Å²) in [7, 11) is 0. The highest BCUT2D eigenvalue weighted by Gasteiger charge is 2.19. The molecule has 2 heterocycles. The van der Waals surface area contributed by atoms with E-state index in [4.69, 9.17) is 4.74 Å². The molecule has 3 nitrogen and oxygen atoms in total. The fourth-order valence-electron chi connectivity index (χ4n) is 3.33. The molecule has 4 rings (SSSR count). The number of aryl methyl sites for hydroxylation is 1. The maximum absolute atomic E-state index is 13.1. The number of fused-ring (bicyclic) bond motifs is 1. The van der Waals surface area contributed by atoms with Gasteiger partial charge in [-0.1, -0.05) is 67.6 Å². The maximum Gasteiger partial charge on any atom is 0.210 e. The topological polar surface area (TPSA) is 30.7 Å². The van der Waals surface area contributed by atoms with E-state index in [0.717, 1.165) is 28.8 Å². The van der Waals surface area contributed by atoms with Crippen LogP contribution in [0.15, 0.2) is 85.1 Å². The average molecular weight is 355 g/mol. The second kappa shape index (κ2) is 7.50. The molecule has 0 radical (unpaired) electrons. The lowest BCUT2D eigenvalue weighted by Crippen LogP contribution is -2.08. The summed E-state index contributed by atoms with van der Waals surface area (Å²) < 4.78 is 8.02. The summed E-state index contributed by atoms with van der Waals surface area (Å²) in [5.74, 6) is 0.816. The van der Waals surface area contributed by atoms with E-state index in [-0.39, 0.29) is 5.78 Å². The van der Waals surface area contributed by atoms with Gasteiger partial charge in [0.2, 0.25) is 5.78 Å². The summed E-state index contributed by atoms with van der Waals surface area (Å²) in [6.45, 7) is 2.57. The highest BCUT2D eigenvalue weighted by atomic mass is 16.5. The molecule has 134 valence electrons. The van der Waals surface area contributed by atoms with Crippen LogP contribution >= 0.6 is 0 Å². The van der Waals surface area contributed by atoms with Crippen LogP contribution in [0.25, 0.3) is 5.52 Å². The quantitative estimate of drug-likeness (QED) is 0.439. The second-order valence-corrected chi connectivity index (χ2v) is 6.47. The molecule has 0 amide bonds. The number of carbonyl (C=O) groups excluding carboxylic acids is 1. The molecule has 0 aliphatic rings. The highest BCUT2D eigenvalue weighted by Crippen LogP contribution is 2.28. The Morgan fingerprint density at radius 3 is 2.33 bits per heavy atom. The molecule has 2 aromatic heterocycles. The summed E-state index contributed by atoms with van der Waals surface area (Å²) in [5.41, 5.74) is 4.47. The lowest BCUT2D eigenvalue weighted by atomic mass is 10.0. The van der Waals surface area contributed by atoms with E-state index in [9.17, 15) is 4.79 Å². The molecule has 0 unspecified atom stereocenters. The van der Waals surface area contributed by atoms with Crippen LogP contribution in [0.1, 0.15) is 34.1 Å². The van der Waals surface area contributed by atoms with Crippen molar-refractivity contribution in [1.82, 2.24) is 4.40 Å². The molecule has 0 N–H and O–H groups in total. The first-order valence-corrected chi connectivity index (χ1v) is 9.17. The smallest absolute Gasteiger partial charge is 0.210 e. The Morgan fingerprint density at radius 1 is 0.926 bits per heavy atom. The van der Waals surface area contributed by atoms with Crippen molar-refractivity contribution in [3.8, 4) is 5.75 Å². The third-order valence-electron chi connectivity index (χ3n) is 4.72. The number of ketones is 1. The Labute approximate surface area is 158 Å². The summed E-state index contributed by atoms with van der Waals surface area (Å²) >= 11 is 0. The van der Waals surface area contributed by atoms with Gasteiger partial charge in [-0.2, -0.15) is 0 Å². The SMILES string of the molecule is CCc1cc2c(OCc3ccccc3)cccn2c1C(=O)c1ccccc1. The number of benzene rings is 2. The Morgan fingerprint density at radius 2 is 1.63 bits per heavy atom. The van der Waals surface area contributed by atoms with E-state index < -0.39 is 0 Å². The zero-order chi connectivity index (χ0) is 18.6. The number of nitrogens with zero attached hydrogens (tertiary/aromatic N) is 1. The fourth-order valence-corrected chi connectivity index (χ4v) is 3.33. The molecule has 0 bridgehead atoms. The Hall–Kier alpha value is -3.33. The minimum atomic E-state index is 0.0349. The number of hydrogen-bond donors (Lipinski definition) is 0. The van der Waals surface area contributed by atoms with E-state index in [1.165, 1.54) is 0 Å². The molecular weight excluding hydrogens is 334 g/mol. The molecule has 2 aromatic carbocycles. The predicted molar refractivity (Wildman–Crippen MR) is 107 cm³/mol. The minimum absolute atomic E-state index is 0.0349. The first-order valence-electron chi connectivity index (χ1n) is 9.17. The molecule has 27 heavy (non-hydrogen) atoms. The van der Waals surface area contributed by atoms with Gasteiger partial charge >= 0.3 is 0 Å². The van der Waals surface area contributed by atoms with Crippen molar-refractivity contribution in [3.05, 3.63) is 107 Å². The third-order valence-corrected chi connectivity index (χ3v) is 4.72. The molecule has 0 spiro atoms. The molecule has 0 fully saturated rings. The monoisotopic (exact) mass is 355 g/mol. The van der Waals surface area contributed by atoms with Crippen LogP contribution in [0.5, 0.6) is 5.75 Å². The van der Waals surface area contributed by atoms with E-state index in [1.54, 1.807) is 0 Å². The van der Waals surface area contributed by atoms with E-state index >= 15 is 0 Å². The first kappa shape index (κ1) is 17.1. The van der Waals surface area contributed by atoms with Crippen molar-refractivity contribution < 1.29 is 9.53 Å². The molecule has 0 aliphatic carbocycles. The van der Waals surface area contributed by atoms with Crippen molar-refractivity contribution in [1.29, 1.82) is 0 Å². The van der Waals surface area contributed by atoms with Crippen LogP contribution in [-0.2, 0) is 13.0 Å². The van der Waals surface area contributed by atoms with Gasteiger partial charge in [-0.25, -0.2) is 0 Å². The molecular formula is C24H21NO2. The van der Waals surface area contributed by atoms with Crippen LogP contribution in [0.3, 0.4) is 0 Å². The molecule has 3 heteroatoms. The Kier molecular flexibility index (Phi) is 4.75. The van der Waals surface area contributed by atoms with Gasteiger partial charge in [0, 0.05) is 11.8 Å². The average Bonchev–Trinajstić information content (AvgIpc) is 3.12. The number of carbonyl (C=O) groups is 1. The highest BCUT2D eigenvalue weighted by molar-refractivity contribution is 6.09. The standard InChI is InChI=1S/C24H21NO2/c1-2-19-16-21-22(27-17-18-10-5-3-6-11-18)14-9-15-25(21)23(19)24(26)20-12-7-4-8-13-20/h3-16H,2,17H2,1H3. The zero-order valence-corrected chi connectivity index (χ0v) is 15.3. The predicted octanol–water partition coefficient (Wildman–Crippen LogP) is 5.31. The summed E-state index contributed by atoms with van der Waals surface area (Å²) in [5, 5.41) is 0. The zero-order valence-electron chi connectivity index (χ0n) is 15.3. The van der Waals surface area contributed by atoms with Crippen molar-refractivity contribution in [3.63, 3.8) is 0 Å². The van der Waals surface area contributed by atoms with Crippen molar-refractivity contribution in [2.75, 3.05) is 0 Å². The van der Waals surface area contributed by atoms with Gasteiger partial charge in [-0.15, -0.1) is 0 Å². The second-order valence-electron chi connectivity index (χ2n) is 6.47. The largest absolute Gasteiger partial charge is 0.487 e. The van der Waals surface area contributed by atoms with Crippen LogP contribution in [0.4, 0.5) is 0 Å². The van der Waals surface area contributed by atoms with E-state index in [2.05, 4.69) is 13.0 Å². The fraction of sp³-hybridized carbons (Fsp3) is 0.125. The van der Waals surface area contributed by atoms with Gasteiger partial charge in [0.25, 0.3) is 0 Å². The van der Waals surface area contributed by atoms with Gasteiger partial charge in [0.15, 0.2) is 0 Å².